The molecule has 7 nitrogen and oxygen atoms in total. The predicted octanol–water partition coefficient (Wildman–Crippen LogP) is 3.32. The highest BCUT2D eigenvalue weighted by Gasteiger charge is 2.23. The Morgan fingerprint density at radius 3 is 2.97 bits per heavy atom. The second-order valence-electron chi connectivity index (χ2n) is 7.40. The number of carbonyl (C=O) groups excluding carboxylic acids is 1. The summed E-state index contributed by atoms with van der Waals surface area (Å²) < 4.78 is 2.08. The number of nitrogens with one attached hydrogen (secondary N) is 1. The lowest BCUT2D eigenvalue weighted by atomic mass is 10.1. The minimum absolute atomic E-state index is 0.152. The van der Waals surface area contributed by atoms with Gasteiger partial charge in [-0.05, 0) is 36.8 Å². The Labute approximate surface area is 173 Å². The van der Waals surface area contributed by atoms with Crippen molar-refractivity contribution >= 4 is 39.2 Å². The molecule has 0 spiro atoms. The molecule has 1 amide bonds. The number of nitrogens with zero attached hydrogens (tertiary/aromatic N) is 4. The number of nitrogens with two attached hydrogens (primary N) is 1. The van der Waals surface area contributed by atoms with Crippen molar-refractivity contribution in [3.05, 3.63) is 67.0 Å². The molecule has 0 radical (unpaired) electrons. The van der Waals surface area contributed by atoms with Gasteiger partial charge in [0.15, 0.2) is 5.82 Å². The Morgan fingerprint density at radius 1 is 1.30 bits per heavy atom. The van der Waals surface area contributed by atoms with Crippen molar-refractivity contribution in [3.8, 4) is 11.4 Å². The minimum atomic E-state index is -0.207. The molecule has 4 heterocycles. The Bertz CT molecular complexity index is 1370. The maximum atomic E-state index is 11.8. The normalized spacial score (nSPS) is 15.6. The first kappa shape index (κ1) is 18.1. The Balaban J connectivity index is 1.63. The number of pyridine rings is 1. The summed E-state index contributed by atoms with van der Waals surface area (Å²) in [5.74, 6) is 0.739. The quantitative estimate of drug-likeness (QED) is 0.518. The molecule has 0 unspecified atom stereocenters. The number of anilines is 1. The van der Waals surface area contributed by atoms with Crippen LogP contribution in [0.25, 0.3) is 38.9 Å². The molecule has 1 aliphatic heterocycles. The van der Waals surface area contributed by atoms with Gasteiger partial charge in [0.05, 0.1) is 16.9 Å². The number of carbonyl (C=O) groups is 1. The smallest absolute Gasteiger partial charge is 0.243 e. The largest absolute Gasteiger partial charge is 0.383 e. The maximum absolute atomic E-state index is 11.8. The van der Waals surface area contributed by atoms with Crippen molar-refractivity contribution in [2.24, 2.45) is 0 Å². The van der Waals surface area contributed by atoms with Crippen LogP contribution in [0.2, 0.25) is 0 Å². The molecule has 7 heteroatoms. The van der Waals surface area contributed by atoms with Gasteiger partial charge in [0.25, 0.3) is 0 Å². The van der Waals surface area contributed by atoms with E-state index in [0.717, 1.165) is 38.8 Å². The molecule has 3 N–H and O–H groups in total. The van der Waals surface area contributed by atoms with Crippen molar-refractivity contribution in [3.63, 3.8) is 0 Å². The maximum Gasteiger partial charge on any atom is 0.243 e. The third-order valence-corrected chi connectivity index (χ3v) is 5.38. The van der Waals surface area contributed by atoms with E-state index in [1.54, 1.807) is 6.20 Å². The molecule has 1 aliphatic rings. The summed E-state index contributed by atoms with van der Waals surface area (Å²) in [6.07, 6.45) is 5.08. The van der Waals surface area contributed by atoms with Gasteiger partial charge in [0.2, 0.25) is 5.91 Å². The molecule has 0 saturated carbocycles. The molecular weight excluding hydrogens is 376 g/mol. The second kappa shape index (κ2) is 6.81. The van der Waals surface area contributed by atoms with Gasteiger partial charge in [-0.15, -0.1) is 0 Å². The number of allylic oxidation sites excluding steroid dienone is 1. The Morgan fingerprint density at radius 2 is 2.13 bits per heavy atom. The molecule has 5 rings (SSSR count). The van der Waals surface area contributed by atoms with Crippen LogP contribution in [0.5, 0.6) is 0 Å². The second-order valence-corrected chi connectivity index (χ2v) is 7.40. The summed E-state index contributed by atoms with van der Waals surface area (Å²) in [5.41, 5.74) is 10.8. The first-order valence-corrected chi connectivity index (χ1v) is 9.67. The van der Waals surface area contributed by atoms with E-state index >= 15 is 0 Å². The first-order chi connectivity index (χ1) is 14.5. The molecule has 1 atom stereocenters. The van der Waals surface area contributed by atoms with Crippen molar-refractivity contribution in [1.29, 1.82) is 0 Å². The fourth-order valence-electron chi connectivity index (χ4n) is 3.95. The van der Waals surface area contributed by atoms with Gasteiger partial charge in [-0.1, -0.05) is 30.9 Å². The lowest BCUT2D eigenvalue weighted by Crippen LogP contribution is -2.37. The molecule has 30 heavy (non-hydrogen) atoms. The number of nitrogen functional groups attached to an aromatic ring is 1. The van der Waals surface area contributed by atoms with Gasteiger partial charge in [-0.3, -0.25) is 9.78 Å². The summed E-state index contributed by atoms with van der Waals surface area (Å²) in [6.45, 7) is 6.09. The van der Waals surface area contributed by atoms with Crippen LogP contribution >= 0.6 is 0 Å². The van der Waals surface area contributed by atoms with E-state index in [1.165, 1.54) is 6.08 Å². The molecule has 4 aromatic rings. The molecule has 0 bridgehead atoms. The van der Waals surface area contributed by atoms with Crippen molar-refractivity contribution < 1.29 is 4.79 Å². The monoisotopic (exact) mass is 396 g/mol. The average Bonchev–Trinajstić information content (AvgIpc) is 3.13. The highest BCUT2D eigenvalue weighted by Crippen LogP contribution is 2.32. The van der Waals surface area contributed by atoms with Gasteiger partial charge >= 0.3 is 0 Å². The highest BCUT2D eigenvalue weighted by molar-refractivity contribution is 5.93. The van der Waals surface area contributed by atoms with E-state index in [2.05, 4.69) is 26.4 Å². The molecule has 3 aromatic heterocycles. The number of fused-ring (bicyclic) bond motifs is 4. The Hall–Kier alpha value is -4.00. The van der Waals surface area contributed by atoms with Gasteiger partial charge in [0, 0.05) is 29.4 Å². The summed E-state index contributed by atoms with van der Waals surface area (Å²) in [6, 6.07) is 11.8. The third-order valence-electron chi connectivity index (χ3n) is 5.38. The number of hydrogen-bond donors (Lipinski definition) is 2. The number of hydrogen-bond acceptors (Lipinski definition) is 5. The fraction of sp³-hybridized carbons (Fsp3) is 0.130. The van der Waals surface area contributed by atoms with Crippen LogP contribution in [0.15, 0.2) is 61.3 Å². The zero-order valence-corrected chi connectivity index (χ0v) is 16.5. The molecule has 148 valence electrons. The van der Waals surface area contributed by atoms with E-state index in [0.29, 0.717) is 18.2 Å². The molecule has 0 saturated heterocycles. The van der Waals surface area contributed by atoms with Crippen LogP contribution in [0, 0.1) is 0 Å². The fourth-order valence-corrected chi connectivity index (χ4v) is 3.95. The number of para-hydroxylation sites is 1. The molecule has 0 aliphatic carbocycles. The zero-order valence-electron chi connectivity index (χ0n) is 16.5. The lowest BCUT2D eigenvalue weighted by Gasteiger charge is -2.23. The number of benzene rings is 1. The van der Waals surface area contributed by atoms with Crippen LogP contribution in [0.1, 0.15) is 12.6 Å². The molecule has 1 aromatic carbocycles. The summed E-state index contributed by atoms with van der Waals surface area (Å²) >= 11 is 0. The van der Waals surface area contributed by atoms with E-state index in [1.807, 2.05) is 49.4 Å². The first-order valence-electron chi connectivity index (χ1n) is 9.67. The summed E-state index contributed by atoms with van der Waals surface area (Å²) in [7, 11) is 0. The van der Waals surface area contributed by atoms with E-state index < -0.39 is 0 Å². The predicted molar refractivity (Wildman–Crippen MR) is 118 cm³/mol. The van der Waals surface area contributed by atoms with Gasteiger partial charge < -0.3 is 15.6 Å². The van der Waals surface area contributed by atoms with Crippen LogP contribution in [0.4, 0.5) is 5.82 Å². The number of amides is 1. The number of aromatic nitrogens is 4. The summed E-state index contributed by atoms with van der Waals surface area (Å²) in [5, 5.41) is 4.75. The van der Waals surface area contributed by atoms with Crippen LogP contribution in [-0.2, 0) is 11.3 Å². The van der Waals surface area contributed by atoms with Crippen LogP contribution < -0.4 is 11.1 Å². The zero-order chi connectivity index (χ0) is 20.8. The van der Waals surface area contributed by atoms with Gasteiger partial charge in [0.1, 0.15) is 11.5 Å². The van der Waals surface area contributed by atoms with E-state index in [4.69, 9.17) is 10.7 Å². The number of rotatable bonds is 3. The topological polar surface area (TPSA) is 98.7 Å². The van der Waals surface area contributed by atoms with Crippen molar-refractivity contribution in [2.75, 3.05) is 5.73 Å². The molecular formula is C23H20N6O. The average molecular weight is 396 g/mol. The van der Waals surface area contributed by atoms with Gasteiger partial charge in [-0.25, -0.2) is 9.97 Å². The lowest BCUT2D eigenvalue weighted by molar-refractivity contribution is -0.116. The summed E-state index contributed by atoms with van der Waals surface area (Å²) in [4.78, 5) is 25.7. The molecule has 0 fully saturated rings. The SMILES string of the molecule is C=CC(=O)N[C@H]1C=C(C)c2cc3c(N)nc(-c4cnc5ccccc5c4)nc3n2C1. The highest BCUT2D eigenvalue weighted by atomic mass is 16.1. The van der Waals surface area contributed by atoms with Crippen molar-refractivity contribution in [1.82, 2.24) is 24.8 Å². The van der Waals surface area contributed by atoms with Crippen molar-refractivity contribution in [2.45, 2.75) is 19.5 Å². The van der Waals surface area contributed by atoms with Crippen LogP contribution in [0.3, 0.4) is 0 Å². The standard InChI is InChI=1S/C23H20N6O/c1-3-20(30)26-16-8-13(2)19-10-17-21(24)27-22(28-23(17)29(19)12-16)15-9-14-6-4-5-7-18(14)25-11-15/h3-11,16H,1,12H2,2H3,(H,26,30)(H2,24,27,28)/t16-/m0/s1. The Kier molecular flexibility index (Phi) is 4.10. The van der Waals surface area contributed by atoms with E-state index in [-0.39, 0.29) is 11.9 Å². The minimum Gasteiger partial charge on any atom is -0.383 e. The third kappa shape index (κ3) is 2.91. The van der Waals surface area contributed by atoms with Crippen LogP contribution in [-0.4, -0.2) is 31.5 Å². The van der Waals surface area contributed by atoms with Gasteiger partial charge in [-0.2, -0.15) is 0 Å². The van der Waals surface area contributed by atoms with E-state index in [9.17, 15) is 4.79 Å².